The van der Waals surface area contributed by atoms with Crippen molar-refractivity contribution in [2.24, 2.45) is 0 Å². The fraction of sp³-hybridized carbons (Fsp3) is 0.212. The first-order valence-corrected chi connectivity index (χ1v) is 12.9. The summed E-state index contributed by atoms with van der Waals surface area (Å²) in [7, 11) is 1.38. The quantitative estimate of drug-likeness (QED) is 0.173. The highest BCUT2D eigenvalue weighted by molar-refractivity contribution is 5.69. The molecule has 6 nitrogen and oxygen atoms in total. The number of nitrogens with one attached hydrogen (secondary N) is 1. The van der Waals surface area contributed by atoms with Crippen LogP contribution >= 0.6 is 0 Å². The van der Waals surface area contributed by atoms with Crippen molar-refractivity contribution < 1.29 is 19.0 Å². The van der Waals surface area contributed by atoms with Crippen molar-refractivity contribution in [1.82, 2.24) is 5.32 Å². The number of esters is 1. The summed E-state index contributed by atoms with van der Waals surface area (Å²) in [5.74, 6) is 1.11. The minimum atomic E-state index is -0.258. The zero-order valence-electron chi connectivity index (χ0n) is 22.3. The van der Waals surface area contributed by atoms with Crippen LogP contribution in [0.15, 0.2) is 91.0 Å². The van der Waals surface area contributed by atoms with Gasteiger partial charge in [0.1, 0.15) is 24.7 Å². The van der Waals surface area contributed by atoms with Crippen LogP contribution in [0.1, 0.15) is 34.2 Å². The van der Waals surface area contributed by atoms with Crippen LogP contribution in [-0.2, 0) is 29.3 Å². The summed E-state index contributed by atoms with van der Waals surface area (Å²) in [5, 5.41) is 12.5. The van der Waals surface area contributed by atoms with Gasteiger partial charge in [-0.1, -0.05) is 66.7 Å². The molecule has 0 fully saturated rings. The monoisotopic (exact) mass is 520 g/mol. The molecule has 0 aromatic heterocycles. The molecule has 4 aromatic rings. The standard InChI is InChI=1S/C33H32N2O4/c1-24-29(12-7-13-31(24)27-10-4-3-5-11-27)23-38-30-15-14-28(21-35-17-16-33(36)37-2)32(19-30)39-22-26-9-6-8-25(18-26)20-34/h3-15,18-19,35H,16-17,21-23H2,1-2H3. The lowest BCUT2D eigenvalue weighted by atomic mass is 9.97. The fourth-order valence-electron chi connectivity index (χ4n) is 4.24. The van der Waals surface area contributed by atoms with Crippen LogP contribution in [0, 0.1) is 18.3 Å². The summed E-state index contributed by atoms with van der Waals surface area (Å²) >= 11 is 0. The normalized spacial score (nSPS) is 10.5. The zero-order chi connectivity index (χ0) is 27.5. The van der Waals surface area contributed by atoms with Gasteiger partial charge in [0.2, 0.25) is 0 Å². The van der Waals surface area contributed by atoms with Gasteiger partial charge in [-0.25, -0.2) is 0 Å². The molecule has 0 heterocycles. The third kappa shape index (κ3) is 7.70. The fourth-order valence-corrected chi connectivity index (χ4v) is 4.24. The molecule has 0 amide bonds. The molecule has 6 heteroatoms. The molecule has 0 aliphatic rings. The highest BCUT2D eigenvalue weighted by atomic mass is 16.5. The third-order valence-electron chi connectivity index (χ3n) is 6.46. The summed E-state index contributed by atoms with van der Waals surface area (Å²) in [4.78, 5) is 11.4. The van der Waals surface area contributed by atoms with Crippen molar-refractivity contribution in [1.29, 1.82) is 5.26 Å². The van der Waals surface area contributed by atoms with E-state index >= 15 is 0 Å². The molecule has 0 atom stereocenters. The number of ether oxygens (including phenoxy) is 3. The molecule has 0 saturated heterocycles. The Morgan fingerprint density at radius 2 is 1.69 bits per heavy atom. The lowest BCUT2D eigenvalue weighted by Crippen LogP contribution is -2.19. The maximum absolute atomic E-state index is 11.4. The molecule has 0 aliphatic carbocycles. The van der Waals surface area contributed by atoms with E-state index in [1.165, 1.54) is 23.8 Å². The van der Waals surface area contributed by atoms with E-state index in [2.05, 4.69) is 48.6 Å². The molecular weight excluding hydrogens is 488 g/mol. The minimum absolute atomic E-state index is 0.258. The van der Waals surface area contributed by atoms with Gasteiger partial charge in [0.15, 0.2) is 0 Å². The lowest BCUT2D eigenvalue weighted by Gasteiger charge is -2.16. The molecule has 1 N–H and O–H groups in total. The predicted octanol–water partition coefficient (Wildman–Crippen LogP) is 6.34. The number of hydrogen-bond donors (Lipinski definition) is 1. The van der Waals surface area contributed by atoms with E-state index in [-0.39, 0.29) is 12.4 Å². The number of carbonyl (C=O) groups is 1. The van der Waals surface area contributed by atoms with Crippen molar-refractivity contribution >= 4 is 5.97 Å². The van der Waals surface area contributed by atoms with Crippen LogP contribution in [0.5, 0.6) is 11.5 Å². The Morgan fingerprint density at radius 3 is 2.49 bits per heavy atom. The van der Waals surface area contributed by atoms with Gasteiger partial charge in [-0.05, 0) is 52.9 Å². The molecule has 4 aromatic carbocycles. The highest BCUT2D eigenvalue weighted by Gasteiger charge is 2.11. The first kappa shape index (κ1) is 27.4. The molecule has 0 bridgehead atoms. The average molecular weight is 521 g/mol. The number of nitriles is 1. The van der Waals surface area contributed by atoms with Crippen molar-refractivity contribution in [2.75, 3.05) is 13.7 Å². The van der Waals surface area contributed by atoms with E-state index in [9.17, 15) is 10.1 Å². The van der Waals surface area contributed by atoms with Crippen LogP contribution in [0.4, 0.5) is 0 Å². The Balaban J connectivity index is 1.49. The Bertz CT molecular complexity index is 1440. The van der Waals surface area contributed by atoms with Crippen molar-refractivity contribution in [3.63, 3.8) is 0 Å². The molecule has 198 valence electrons. The topological polar surface area (TPSA) is 80.6 Å². The average Bonchev–Trinajstić information content (AvgIpc) is 2.98. The molecule has 0 unspecified atom stereocenters. The molecule has 39 heavy (non-hydrogen) atoms. The first-order chi connectivity index (χ1) is 19.1. The second kappa shape index (κ2) is 13.8. The number of benzene rings is 4. The van der Waals surface area contributed by atoms with Crippen molar-refractivity contribution in [2.45, 2.75) is 33.1 Å². The van der Waals surface area contributed by atoms with Gasteiger partial charge in [-0.2, -0.15) is 5.26 Å². The van der Waals surface area contributed by atoms with Crippen LogP contribution < -0.4 is 14.8 Å². The van der Waals surface area contributed by atoms with E-state index in [0.717, 1.165) is 16.7 Å². The van der Waals surface area contributed by atoms with Gasteiger partial charge >= 0.3 is 5.97 Å². The van der Waals surface area contributed by atoms with Gasteiger partial charge in [0.25, 0.3) is 0 Å². The van der Waals surface area contributed by atoms with Gasteiger partial charge < -0.3 is 19.5 Å². The second-order valence-electron chi connectivity index (χ2n) is 9.12. The lowest BCUT2D eigenvalue weighted by molar-refractivity contribution is -0.140. The number of methoxy groups -OCH3 is 1. The van der Waals surface area contributed by atoms with E-state index in [0.29, 0.717) is 43.4 Å². The third-order valence-corrected chi connectivity index (χ3v) is 6.46. The van der Waals surface area contributed by atoms with E-state index < -0.39 is 0 Å². The van der Waals surface area contributed by atoms with E-state index in [1.54, 1.807) is 6.07 Å². The molecule has 0 radical (unpaired) electrons. The Kier molecular flexibility index (Phi) is 9.71. The van der Waals surface area contributed by atoms with Gasteiger partial charge in [0.05, 0.1) is 25.2 Å². The Morgan fingerprint density at radius 1 is 0.872 bits per heavy atom. The van der Waals surface area contributed by atoms with Crippen molar-refractivity contribution in [3.8, 4) is 28.7 Å². The molecule has 0 aliphatic heterocycles. The predicted molar refractivity (Wildman–Crippen MR) is 151 cm³/mol. The highest BCUT2D eigenvalue weighted by Crippen LogP contribution is 2.29. The number of nitrogens with zero attached hydrogens (tertiary/aromatic N) is 1. The van der Waals surface area contributed by atoms with Crippen LogP contribution in [0.25, 0.3) is 11.1 Å². The molecule has 0 saturated carbocycles. The first-order valence-electron chi connectivity index (χ1n) is 12.9. The summed E-state index contributed by atoms with van der Waals surface area (Å²) < 4.78 is 17.1. The van der Waals surface area contributed by atoms with Gasteiger partial charge in [-0.15, -0.1) is 0 Å². The van der Waals surface area contributed by atoms with Crippen LogP contribution in [0.2, 0.25) is 0 Å². The van der Waals surface area contributed by atoms with E-state index in [1.807, 2.05) is 54.6 Å². The number of rotatable bonds is 12. The summed E-state index contributed by atoms with van der Waals surface area (Å²) in [6.45, 7) is 3.86. The minimum Gasteiger partial charge on any atom is -0.489 e. The van der Waals surface area contributed by atoms with Gasteiger partial charge in [-0.3, -0.25) is 4.79 Å². The smallest absolute Gasteiger partial charge is 0.306 e. The van der Waals surface area contributed by atoms with Gasteiger partial charge in [0, 0.05) is 24.7 Å². The largest absolute Gasteiger partial charge is 0.489 e. The van der Waals surface area contributed by atoms with Crippen molar-refractivity contribution in [3.05, 3.63) is 119 Å². The summed E-state index contributed by atoms with van der Waals surface area (Å²) in [5.41, 5.74) is 7.09. The number of hydrogen-bond acceptors (Lipinski definition) is 6. The zero-order valence-corrected chi connectivity index (χ0v) is 22.3. The SMILES string of the molecule is COC(=O)CCNCc1ccc(OCc2cccc(-c3ccccc3)c2C)cc1OCc1cccc(C#N)c1. The maximum Gasteiger partial charge on any atom is 0.306 e. The molecule has 0 spiro atoms. The molecular formula is C33H32N2O4. The second-order valence-corrected chi connectivity index (χ2v) is 9.12. The Hall–Kier alpha value is -4.60. The number of carbonyl (C=O) groups excluding carboxylic acids is 1. The van der Waals surface area contributed by atoms with Crippen LogP contribution in [-0.4, -0.2) is 19.6 Å². The maximum atomic E-state index is 11.4. The molecule has 4 rings (SSSR count). The van der Waals surface area contributed by atoms with Crippen LogP contribution in [0.3, 0.4) is 0 Å². The van der Waals surface area contributed by atoms with E-state index in [4.69, 9.17) is 14.2 Å². The summed E-state index contributed by atoms with van der Waals surface area (Å²) in [6.07, 6.45) is 0.288. The Labute approximate surface area is 229 Å². The summed E-state index contributed by atoms with van der Waals surface area (Å²) in [6, 6.07) is 31.9.